The Bertz CT molecular complexity index is 655. The number of nitrogens with one attached hydrogen (secondary N) is 1. The Morgan fingerprint density at radius 3 is 2.82 bits per heavy atom. The molecule has 2 heterocycles. The number of aromatic nitrogens is 3. The van der Waals surface area contributed by atoms with E-state index in [4.69, 9.17) is 5.11 Å². The lowest BCUT2D eigenvalue weighted by Gasteiger charge is -2.02. The summed E-state index contributed by atoms with van der Waals surface area (Å²) >= 11 is 0. The van der Waals surface area contributed by atoms with Crippen molar-refractivity contribution in [3.05, 3.63) is 48.4 Å². The van der Waals surface area contributed by atoms with Gasteiger partial charge in [-0.15, -0.1) is 0 Å². The number of aromatic amines is 1. The molecule has 1 aromatic carbocycles. The summed E-state index contributed by atoms with van der Waals surface area (Å²) in [4.78, 5) is 11.6. The molecule has 0 radical (unpaired) electrons. The summed E-state index contributed by atoms with van der Waals surface area (Å²) < 4.78 is 0. The van der Waals surface area contributed by atoms with Crippen molar-refractivity contribution in [1.82, 2.24) is 15.0 Å². The largest absolute Gasteiger partial charge is 0.390 e. The summed E-state index contributed by atoms with van der Waals surface area (Å²) in [5.41, 5.74) is 1.50. The third-order valence-electron chi connectivity index (χ3n) is 2.70. The number of hydrogen-bond donors (Lipinski definition) is 2. The fourth-order valence-electron chi connectivity index (χ4n) is 1.87. The second kappa shape index (κ2) is 3.99. The first-order valence-electron chi connectivity index (χ1n) is 5.37. The predicted octanol–water partition coefficient (Wildman–Crippen LogP) is 2.12. The van der Waals surface area contributed by atoms with Crippen LogP contribution in [-0.2, 0) is 6.61 Å². The number of aliphatic hydroxyl groups is 1. The zero-order valence-corrected chi connectivity index (χ0v) is 9.09. The fraction of sp³-hybridized carbons (Fsp3) is 0.0769. The third-order valence-corrected chi connectivity index (χ3v) is 2.70. The Morgan fingerprint density at radius 1 is 1.12 bits per heavy atom. The highest BCUT2D eigenvalue weighted by Crippen LogP contribution is 2.23. The van der Waals surface area contributed by atoms with Gasteiger partial charge in [-0.1, -0.05) is 24.3 Å². The molecule has 4 nitrogen and oxygen atoms in total. The van der Waals surface area contributed by atoms with Crippen molar-refractivity contribution >= 4 is 10.8 Å². The van der Waals surface area contributed by atoms with Crippen molar-refractivity contribution in [2.45, 2.75) is 6.61 Å². The van der Waals surface area contributed by atoms with Gasteiger partial charge in [0.25, 0.3) is 0 Å². The Morgan fingerprint density at radius 2 is 2.00 bits per heavy atom. The molecule has 3 rings (SSSR count). The maximum absolute atomic E-state index is 9.02. The molecule has 2 aromatic heterocycles. The smallest absolute Gasteiger partial charge is 0.156 e. The molecule has 0 aliphatic carbocycles. The van der Waals surface area contributed by atoms with Crippen LogP contribution in [0, 0.1) is 0 Å². The van der Waals surface area contributed by atoms with Crippen molar-refractivity contribution in [2.24, 2.45) is 0 Å². The molecule has 2 N–H and O–H groups in total. The first-order chi connectivity index (χ1) is 8.38. The van der Waals surface area contributed by atoms with Gasteiger partial charge in [0.15, 0.2) is 5.82 Å². The lowest BCUT2D eigenvalue weighted by molar-refractivity contribution is 0.277. The molecule has 0 spiro atoms. The van der Waals surface area contributed by atoms with Crippen LogP contribution < -0.4 is 0 Å². The normalized spacial score (nSPS) is 10.9. The SMILES string of the molecule is OCc1cnc(-c2nccc3ccccc23)[nH]1. The standard InChI is InChI=1S/C13H11N3O/c17-8-10-7-15-13(16-10)12-11-4-2-1-3-9(11)5-6-14-12/h1-7,17H,8H2,(H,15,16). The molecular weight excluding hydrogens is 214 g/mol. The van der Waals surface area contributed by atoms with Gasteiger partial charge in [0, 0.05) is 11.6 Å². The van der Waals surface area contributed by atoms with Gasteiger partial charge in [0.1, 0.15) is 5.69 Å². The molecule has 0 unspecified atom stereocenters. The van der Waals surface area contributed by atoms with E-state index in [9.17, 15) is 0 Å². The van der Waals surface area contributed by atoms with E-state index in [-0.39, 0.29) is 6.61 Å². The van der Waals surface area contributed by atoms with Gasteiger partial charge in [-0.25, -0.2) is 4.98 Å². The molecule has 0 amide bonds. The molecular formula is C13H11N3O. The number of hydrogen-bond acceptors (Lipinski definition) is 3. The number of imidazole rings is 1. The average Bonchev–Trinajstić information content (AvgIpc) is 2.87. The van der Waals surface area contributed by atoms with E-state index in [1.54, 1.807) is 12.4 Å². The highest BCUT2D eigenvalue weighted by molar-refractivity contribution is 5.92. The van der Waals surface area contributed by atoms with Gasteiger partial charge in [0.05, 0.1) is 18.5 Å². The van der Waals surface area contributed by atoms with Crippen LogP contribution >= 0.6 is 0 Å². The second-order valence-electron chi connectivity index (χ2n) is 3.80. The van der Waals surface area contributed by atoms with E-state index in [1.165, 1.54) is 0 Å². The zero-order chi connectivity index (χ0) is 11.7. The molecule has 0 atom stereocenters. The zero-order valence-electron chi connectivity index (χ0n) is 9.09. The summed E-state index contributed by atoms with van der Waals surface area (Å²) in [6.45, 7) is -0.0439. The highest BCUT2D eigenvalue weighted by atomic mass is 16.3. The van der Waals surface area contributed by atoms with Crippen molar-refractivity contribution in [3.63, 3.8) is 0 Å². The van der Waals surface area contributed by atoms with Gasteiger partial charge in [0.2, 0.25) is 0 Å². The van der Waals surface area contributed by atoms with Crippen molar-refractivity contribution in [2.75, 3.05) is 0 Å². The van der Waals surface area contributed by atoms with Gasteiger partial charge in [-0.05, 0) is 11.5 Å². The Hall–Kier alpha value is -2.20. The van der Waals surface area contributed by atoms with Crippen molar-refractivity contribution in [1.29, 1.82) is 0 Å². The number of nitrogens with zero attached hydrogens (tertiary/aromatic N) is 2. The molecule has 17 heavy (non-hydrogen) atoms. The topological polar surface area (TPSA) is 61.8 Å². The number of pyridine rings is 1. The first kappa shape index (κ1) is 9.99. The summed E-state index contributed by atoms with van der Waals surface area (Å²) in [5.74, 6) is 0.686. The third kappa shape index (κ3) is 1.68. The van der Waals surface area contributed by atoms with Crippen LogP contribution in [0.2, 0.25) is 0 Å². The summed E-state index contributed by atoms with van der Waals surface area (Å²) in [7, 11) is 0. The minimum absolute atomic E-state index is 0.0439. The Labute approximate surface area is 98.0 Å². The van der Waals surface area contributed by atoms with E-state index in [2.05, 4.69) is 15.0 Å². The monoisotopic (exact) mass is 225 g/mol. The van der Waals surface area contributed by atoms with E-state index in [0.29, 0.717) is 11.5 Å². The molecule has 3 aromatic rings. The number of rotatable bonds is 2. The molecule has 0 aliphatic rings. The van der Waals surface area contributed by atoms with Crippen LogP contribution in [-0.4, -0.2) is 20.1 Å². The second-order valence-corrected chi connectivity index (χ2v) is 3.80. The number of fused-ring (bicyclic) bond motifs is 1. The van der Waals surface area contributed by atoms with E-state index >= 15 is 0 Å². The van der Waals surface area contributed by atoms with Gasteiger partial charge in [-0.3, -0.25) is 4.98 Å². The molecule has 4 heteroatoms. The van der Waals surface area contributed by atoms with Crippen LogP contribution in [0.4, 0.5) is 0 Å². The highest BCUT2D eigenvalue weighted by Gasteiger charge is 2.08. The minimum atomic E-state index is -0.0439. The number of H-pyrrole nitrogens is 1. The summed E-state index contributed by atoms with van der Waals surface area (Å²) in [6, 6.07) is 9.99. The minimum Gasteiger partial charge on any atom is -0.390 e. The van der Waals surface area contributed by atoms with Crippen LogP contribution in [0.25, 0.3) is 22.3 Å². The summed E-state index contributed by atoms with van der Waals surface area (Å²) in [5, 5.41) is 11.2. The lowest BCUT2D eigenvalue weighted by atomic mass is 10.1. The summed E-state index contributed by atoms with van der Waals surface area (Å²) in [6.07, 6.45) is 3.39. The van der Waals surface area contributed by atoms with Crippen LogP contribution in [0.3, 0.4) is 0 Å². The lowest BCUT2D eigenvalue weighted by Crippen LogP contribution is -1.88. The van der Waals surface area contributed by atoms with E-state index in [1.807, 2.05) is 30.3 Å². The molecule has 0 bridgehead atoms. The molecule has 0 fully saturated rings. The van der Waals surface area contributed by atoms with Gasteiger partial charge < -0.3 is 10.1 Å². The van der Waals surface area contributed by atoms with Crippen molar-refractivity contribution < 1.29 is 5.11 Å². The first-order valence-corrected chi connectivity index (χ1v) is 5.37. The molecule has 0 aliphatic heterocycles. The van der Waals surface area contributed by atoms with Crippen LogP contribution in [0.1, 0.15) is 5.69 Å². The molecule has 0 saturated carbocycles. The molecule has 0 saturated heterocycles. The maximum Gasteiger partial charge on any atom is 0.156 e. The number of benzene rings is 1. The Balaban J connectivity index is 2.23. The predicted molar refractivity (Wildman–Crippen MR) is 65.2 cm³/mol. The molecule has 84 valence electrons. The number of aliphatic hydroxyl groups excluding tert-OH is 1. The maximum atomic E-state index is 9.02. The van der Waals surface area contributed by atoms with E-state index in [0.717, 1.165) is 16.5 Å². The van der Waals surface area contributed by atoms with Crippen molar-refractivity contribution in [3.8, 4) is 11.5 Å². The fourth-order valence-corrected chi connectivity index (χ4v) is 1.87. The quantitative estimate of drug-likeness (QED) is 0.702. The van der Waals surface area contributed by atoms with Crippen LogP contribution in [0.15, 0.2) is 42.7 Å². The van der Waals surface area contributed by atoms with E-state index < -0.39 is 0 Å². The van der Waals surface area contributed by atoms with Gasteiger partial charge >= 0.3 is 0 Å². The average molecular weight is 225 g/mol. The van der Waals surface area contributed by atoms with Crippen LogP contribution in [0.5, 0.6) is 0 Å². The van der Waals surface area contributed by atoms with Gasteiger partial charge in [-0.2, -0.15) is 0 Å². The Kier molecular flexibility index (Phi) is 2.34.